The summed E-state index contributed by atoms with van der Waals surface area (Å²) in [7, 11) is -2.13. The Kier molecular flexibility index (Phi) is 4.37. The van der Waals surface area contributed by atoms with E-state index in [1.165, 1.54) is 33.4 Å². The zero-order valence-corrected chi connectivity index (χ0v) is 16.8. The Morgan fingerprint density at radius 2 is 1.93 bits per heavy atom. The third kappa shape index (κ3) is 3.45. The van der Waals surface area contributed by atoms with E-state index in [-0.39, 0.29) is 22.7 Å². The van der Waals surface area contributed by atoms with Gasteiger partial charge in [-0.2, -0.15) is 5.26 Å². The lowest BCUT2D eigenvalue weighted by Crippen LogP contribution is -2.34. The van der Waals surface area contributed by atoms with Gasteiger partial charge in [-0.3, -0.25) is 9.13 Å². The molecule has 0 radical (unpaired) electrons. The maximum absolute atomic E-state index is 13.9. The van der Waals surface area contributed by atoms with E-state index in [9.17, 15) is 17.6 Å². The molecule has 150 valence electrons. The number of benzene rings is 2. The summed E-state index contributed by atoms with van der Waals surface area (Å²) in [5, 5.41) is 8.85. The standard InChI is InChI=1S/C20H19FN4O3S/c1-20(7-8-20)23-29(27,28)15-5-6-17-18(10-15)24(2)19(26)25(17)12-13-3-4-14(11-22)16(21)9-13/h3-6,9-10,23H,7-8,12H2,1-2H3. The van der Waals surface area contributed by atoms with Crippen LogP contribution >= 0.6 is 0 Å². The molecule has 9 heteroatoms. The molecule has 1 N–H and O–H groups in total. The number of rotatable bonds is 5. The van der Waals surface area contributed by atoms with Crippen molar-refractivity contribution < 1.29 is 12.8 Å². The zero-order valence-electron chi connectivity index (χ0n) is 15.9. The topological polar surface area (TPSA) is 96.9 Å². The summed E-state index contributed by atoms with van der Waals surface area (Å²) in [6.45, 7) is 1.95. The minimum absolute atomic E-state index is 0.0641. The monoisotopic (exact) mass is 414 g/mol. The van der Waals surface area contributed by atoms with E-state index in [0.29, 0.717) is 16.6 Å². The lowest BCUT2D eigenvalue weighted by molar-refractivity contribution is 0.558. The molecular formula is C20H19FN4O3S. The molecule has 1 saturated carbocycles. The maximum atomic E-state index is 13.9. The van der Waals surface area contributed by atoms with Crippen LogP contribution in [0.25, 0.3) is 11.0 Å². The van der Waals surface area contributed by atoms with Crippen molar-refractivity contribution in [2.45, 2.75) is 36.7 Å². The van der Waals surface area contributed by atoms with Gasteiger partial charge in [-0.05, 0) is 55.7 Å². The van der Waals surface area contributed by atoms with Gasteiger partial charge in [-0.1, -0.05) is 6.07 Å². The number of imidazole rings is 1. The number of hydrogen-bond donors (Lipinski definition) is 1. The minimum Gasteiger partial charge on any atom is -0.295 e. The van der Waals surface area contributed by atoms with Crippen LogP contribution < -0.4 is 10.4 Å². The Labute approximate surface area is 167 Å². The quantitative estimate of drug-likeness (QED) is 0.692. The smallest absolute Gasteiger partial charge is 0.295 e. The molecule has 1 aromatic heterocycles. The largest absolute Gasteiger partial charge is 0.329 e. The molecule has 1 heterocycles. The van der Waals surface area contributed by atoms with Gasteiger partial charge in [0, 0.05) is 12.6 Å². The number of nitrogens with zero attached hydrogens (tertiary/aromatic N) is 3. The first-order valence-corrected chi connectivity index (χ1v) is 10.5. The van der Waals surface area contributed by atoms with Crippen molar-refractivity contribution in [1.29, 1.82) is 5.26 Å². The van der Waals surface area contributed by atoms with Gasteiger partial charge in [-0.15, -0.1) is 0 Å². The summed E-state index contributed by atoms with van der Waals surface area (Å²) >= 11 is 0. The van der Waals surface area contributed by atoms with Crippen LogP contribution in [0.4, 0.5) is 4.39 Å². The fourth-order valence-corrected chi connectivity index (χ4v) is 4.80. The van der Waals surface area contributed by atoms with Gasteiger partial charge < -0.3 is 0 Å². The second-order valence-corrected chi connectivity index (χ2v) is 9.35. The molecule has 29 heavy (non-hydrogen) atoms. The molecule has 0 atom stereocenters. The molecule has 4 rings (SSSR count). The summed E-state index contributed by atoms with van der Waals surface area (Å²) in [5.41, 5.74) is 0.723. The molecule has 1 fully saturated rings. The van der Waals surface area contributed by atoms with E-state index < -0.39 is 21.4 Å². The SMILES string of the molecule is Cn1c(=O)n(Cc2ccc(C#N)c(F)c2)c2ccc(S(=O)(=O)NC3(C)CC3)cc21. The molecule has 0 saturated heterocycles. The summed E-state index contributed by atoms with van der Waals surface area (Å²) in [6, 6.07) is 10.5. The van der Waals surface area contributed by atoms with Crippen molar-refractivity contribution in [2.24, 2.45) is 7.05 Å². The molecule has 0 unspecified atom stereocenters. The van der Waals surface area contributed by atoms with Crippen LogP contribution in [0.2, 0.25) is 0 Å². The average Bonchev–Trinajstić information content (AvgIpc) is 3.34. The second kappa shape index (κ2) is 6.54. The second-order valence-electron chi connectivity index (χ2n) is 7.67. The fraction of sp³-hybridized carbons (Fsp3) is 0.300. The summed E-state index contributed by atoms with van der Waals surface area (Å²) < 4.78 is 44.7. The summed E-state index contributed by atoms with van der Waals surface area (Å²) in [6.07, 6.45) is 1.59. The number of sulfonamides is 1. The molecule has 0 amide bonds. The van der Waals surface area contributed by atoms with Crippen LogP contribution in [0, 0.1) is 17.1 Å². The van der Waals surface area contributed by atoms with Crippen LogP contribution in [0.1, 0.15) is 30.9 Å². The molecular weight excluding hydrogens is 395 g/mol. The molecule has 7 nitrogen and oxygen atoms in total. The number of aryl methyl sites for hydroxylation is 1. The van der Waals surface area contributed by atoms with Gasteiger partial charge >= 0.3 is 5.69 Å². The van der Waals surface area contributed by atoms with Gasteiger partial charge in [0.25, 0.3) is 0 Å². The average molecular weight is 414 g/mol. The highest BCUT2D eigenvalue weighted by molar-refractivity contribution is 7.89. The predicted molar refractivity (Wildman–Crippen MR) is 105 cm³/mol. The van der Waals surface area contributed by atoms with Crippen molar-refractivity contribution in [1.82, 2.24) is 13.9 Å². The van der Waals surface area contributed by atoms with Gasteiger partial charge in [0.2, 0.25) is 10.0 Å². The normalized spacial score (nSPS) is 15.4. The van der Waals surface area contributed by atoms with E-state index in [2.05, 4.69) is 4.72 Å². The Morgan fingerprint density at radius 3 is 2.55 bits per heavy atom. The first-order valence-electron chi connectivity index (χ1n) is 9.05. The number of hydrogen-bond acceptors (Lipinski definition) is 4. The van der Waals surface area contributed by atoms with Crippen molar-refractivity contribution in [2.75, 3.05) is 0 Å². The molecule has 0 bridgehead atoms. The lowest BCUT2D eigenvalue weighted by Gasteiger charge is -2.12. The van der Waals surface area contributed by atoms with Crippen LogP contribution in [0.15, 0.2) is 46.1 Å². The van der Waals surface area contributed by atoms with E-state index in [1.807, 2.05) is 6.92 Å². The van der Waals surface area contributed by atoms with Crippen LogP contribution in [0.3, 0.4) is 0 Å². The van der Waals surface area contributed by atoms with Gasteiger partial charge in [0.05, 0.1) is 28.0 Å². The van der Waals surface area contributed by atoms with Crippen LogP contribution in [-0.4, -0.2) is 23.1 Å². The first-order chi connectivity index (χ1) is 13.6. The number of nitrogens with one attached hydrogen (secondary N) is 1. The van der Waals surface area contributed by atoms with E-state index in [1.54, 1.807) is 25.2 Å². The molecule has 0 aliphatic heterocycles. The van der Waals surface area contributed by atoms with E-state index in [0.717, 1.165) is 12.8 Å². The van der Waals surface area contributed by atoms with Crippen LogP contribution in [-0.2, 0) is 23.6 Å². The van der Waals surface area contributed by atoms with Gasteiger partial charge in [-0.25, -0.2) is 22.3 Å². The highest BCUT2D eigenvalue weighted by atomic mass is 32.2. The highest BCUT2D eigenvalue weighted by Crippen LogP contribution is 2.36. The first kappa shape index (κ1) is 19.4. The molecule has 0 spiro atoms. The molecule has 1 aliphatic rings. The Bertz CT molecular complexity index is 1340. The number of fused-ring (bicyclic) bond motifs is 1. The summed E-state index contributed by atoms with van der Waals surface area (Å²) in [4.78, 5) is 12.8. The summed E-state index contributed by atoms with van der Waals surface area (Å²) in [5.74, 6) is -0.647. The highest BCUT2D eigenvalue weighted by Gasteiger charge is 2.41. The third-order valence-corrected chi connectivity index (χ3v) is 6.94. The van der Waals surface area contributed by atoms with Crippen LogP contribution in [0.5, 0.6) is 0 Å². The number of aromatic nitrogens is 2. The van der Waals surface area contributed by atoms with Gasteiger partial charge in [0.15, 0.2) is 0 Å². The van der Waals surface area contributed by atoms with Gasteiger partial charge in [0.1, 0.15) is 11.9 Å². The predicted octanol–water partition coefficient (Wildman–Crippen LogP) is 2.23. The van der Waals surface area contributed by atoms with Crippen molar-refractivity contribution in [3.8, 4) is 6.07 Å². The zero-order chi connectivity index (χ0) is 21.0. The lowest BCUT2D eigenvalue weighted by atomic mass is 10.1. The van der Waals surface area contributed by atoms with Crippen molar-refractivity contribution in [3.63, 3.8) is 0 Å². The Balaban J connectivity index is 1.75. The van der Waals surface area contributed by atoms with E-state index >= 15 is 0 Å². The fourth-order valence-electron chi connectivity index (χ4n) is 3.31. The minimum atomic E-state index is -3.69. The number of halogens is 1. The van der Waals surface area contributed by atoms with Crippen molar-refractivity contribution >= 4 is 21.1 Å². The van der Waals surface area contributed by atoms with Crippen molar-refractivity contribution in [3.05, 3.63) is 63.8 Å². The third-order valence-electron chi connectivity index (χ3n) is 5.30. The Morgan fingerprint density at radius 1 is 1.21 bits per heavy atom. The maximum Gasteiger partial charge on any atom is 0.329 e. The molecule has 2 aromatic carbocycles. The molecule has 3 aromatic rings. The molecule has 1 aliphatic carbocycles. The number of nitriles is 1. The van der Waals surface area contributed by atoms with E-state index in [4.69, 9.17) is 5.26 Å². The Hall–Kier alpha value is -2.96.